The van der Waals surface area contributed by atoms with E-state index in [2.05, 4.69) is 28.4 Å². The number of carbonyl (C=O) groups excluding carboxylic acids is 2. The van der Waals surface area contributed by atoms with Crippen molar-refractivity contribution >= 4 is 34.8 Å². The van der Waals surface area contributed by atoms with Crippen molar-refractivity contribution in [2.24, 2.45) is 0 Å². The van der Waals surface area contributed by atoms with Crippen LogP contribution in [0.25, 0.3) is 5.65 Å². The van der Waals surface area contributed by atoms with Gasteiger partial charge in [-0.15, -0.1) is 5.10 Å². The molecule has 0 aliphatic rings. The number of aryl methyl sites for hydroxylation is 1. The van der Waals surface area contributed by atoms with Gasteiger partial charge >= 0.3 is 5.69 Å². The molecule has 162 valence electrons. The summed E-state index contributed by atoms with van der Waals surface area (Å²) < 4.78 is 2.50. The van der Waals surface area contributed by atoms with Crippen LogP contribution in [0.15, 0.2) is 75.6 Å². The molecule has 9 heteroatoms. The van der Waals surface area contributed by atoms with Gasteiger partial charge in [0.2, 0.25) is 5.91 Å². The summed E-state index contributed by atoms with van der Waals surface area (Å²) in [6, 6.07) is 14.6. The number of Topliss-reactive ketones (excluding diaryl/α,β-unsaturated/α-hetero) is 1. The monoisotopic (exact) mass is 447 g/mol. The maximum absolute atomic E-state index is 12.8. The van der Waals surface area contributed by atoms with Crippen LogP contribution in [0.1, 0.15) is 29.8 Å². The zero-order chi connectivity index (χ0) is 22.7. The standard InChI is InChI=1S/C23H21N5O3S/c1-3-16-6-4-5-7-19(16)32-22-21-26-28(23(31)27(21)13-12-24-22)14-20(30)25-18-10-8-17(9-11-18)15(2)29/h4-13H,3,14H2,1-2H3,(H,25,30). The number of carbonyl (C=O) groups is 2. The van der Waals surface area contributed by atoms with Gasteiger partial charge in [0.25, 0.3) is 0 Å². The van der Waals surface area contributed by atoms with E-state index < -0.39 is 11.6 Å². The minimum atomic E-state index is -0.421. The Morgan fingerprint density at radius 1 is 1.09 bits per heavy atom. The lowest BCUT2D eigenvalue weighted by Gasteiger charge is -2.06. The highest BCUT2D eigenvalue weighted by Crippen LogP contribution is 2.31. The fourth-order valence-corrected chi connectivity index (χ4v) is 4.27. The molecule has 2 heterocycles. The van der Waals surface area contributed by atoms with Crippen LogP contribution >= 0.6 is 11.8 Å². The molecule has 32 heavy (non-hydrogen) atoms. The fraction of sp³-hybridized carbons (Fsp3) is 0.174. The summed E-state index contributed by atoms with van der Waals surface area (Å²) in [5, 5.41) is 7.67. The Morgan fingerprint density at radius 2 is 1.84 bits per heavy atom. The number of hydrogen-bond donors (Lipinski definition) is 1. The van der Waals surface area contributed by atoms with Gasteiger partial charge in [-0.2, -0.15) is 0 Å². The topological polar surface area (TPSA) is 98.4 Å². The Bertz CT molecular complexity index is 1360. The van der Waals surface area contributed by atoms with E-state index in [-0.39, 0.29) is 12.3 Å². The zero-order valence-electron chi connectivity index (χ0n) is 17.6. The first-order valence-electron chi connectivity index (χ1n) is 10.1. The van der Waals surface area contributed by atoms with Gasteiger partial charge in [0.05, 0.1) is 0 Å². The van der Waals surface area contributed by atoms with E-state index >= 15 is 0 Å². The number of rotatable bonds is 7. The summed E-state index contributed by atoms with van der Waals surface area (Å²) >= 11 is 1.44. The van der Waals surface area contributed by atoms with Crippen LogP contribution in [-0.4, -0.2) is 30.9 Å². The molecule has 2 aromatic heterocycles. The van der Waals surface area contributed by atoms with Crippen LogP contribution in [0.4, 0.5) is 5.69 Å². The normalized spacial score (nSPS) is 10.9. The molecule has 0 aliphatic carbocycles. The highest BCUT2D eigenvalue weighted by Gasteiger charge is 2.16. The Labute approximate surface area is 188 Å². The second-order valence-electron chi connectivity index (χ2n) is 7.11. The molecule has 0 saturated carbocycles. The number of aromatic nitrogens is 4. The maximum atomic E-state index is 12.8. The number of fused-ring (bicyclic) bond motifs is 1. The van der Waals surface area contributed by atoms with E-state index in [1.807, 2.05) is 18.2 Å². The summed E-state index contributed by atoms with van der Waals surface area (Å²) in [4.78, 5) is 42.1. The SMILES string of the molecule is CCc1ccccc1Sc1nccn2c(=O)n(CC(=O)Nc3ccc(C(C)=O)cc3)nc12. The summed E-state index contributed by atoms with van der Waals surface area (Å²) in [6.45, 7) is 3.31. The number of nitrogens with one attached hydrogen (secondary N) is 1. The summed E-state index contributed by atoms with van der Waals surface area (Å²) in [6.07, 6.45) is 3.96. The highest BCUT2D eigenvalue weighted by molar-refractivity contribution is 7.99. The Kier molecular flexibility index (Phi) is 6.18. The van der Waals surface area contributed by atoms with Crippen molar-refractivity contribution in [1.82, 2.24) is 19.2 Å². The van der Waals surface area contributed by atoms with Gasteiger partial charge in [0.1, 0.15) is 11.6 Å². The molecule has 0 fully saturated rings. The second kappa shape index (κ2) is 9.19. The van der Waals surface area contributed by atoms with Crippen LogP contribution in [0.3, 0.4) is 0 Å². The number of anilines is 1. The first kappa shape index (κ1) is 21.5. The molecule has 0 saturated heterocycles. The van der Waals surface area contributed by atoms with E-state index in [1.165, 1.54) is 34.8 Å². The van der Waals surface area contributed by atoms with Crippen molar-refractivity contribution in [1.29, 1.82) is 0 Å². The lowest BCUT2D eigenvalue weighted by molar-refractivity contribution is -0.117. The smallest absolute Gasteiger partial charge is 0.324 e. The summed E-state index contributed by atoms with van der Waals surface area (Å²) in [7, 11) is 0. The second-order valence-corrected chi connectivity index (χ2v) is 8.14. The van der Waals surface area contributed by atoms with Crippen LogP contribution < -0.4 is 11.0 Å². The lowest BCUT2D eigenvalue weighted by Crippen LogP contribution is -2.28. The molecular weight excluding hydrogens is 426 g/mol. The average Bonchev–Trinajstić information content (AvgIpc) is 3.10. The molecule has 0 bridgehead atoms. The van der Waals surface area contributed by atoms with E-state index in [0.717, 1.165) is 16.0 Å². The minimum Gasteiger partial charge on any atom is -0.324 e. The van der Waals surface area contributed by atoms with Crippen molar-refractivity contribution < 1.29 is 9.59 Å². The third-order valence-electron chi connectivity index (χ3n) is 4.90. The van der Waals surface area contributed by atoms with Crippen LogP contribution in [0.5, 0.6) is 0 Å². The molecule has 0 unspecified atom stereocenters. The first-order chi connectivity index (χ1) is 15.5. The number of ketones is 1. The molecule has 8 nitrogen and oxygen atoms in total. The van der Waals surface area contributed by atoms with E-state index in [9.17, 15) is 14.4 Å². The van der Waals surface area contributed by atoms with Crippen LogP contribution in [0, 0.1) is 0 Å². The molecule has 0 radical (unpaired) electrons. The number of amides is 1. The number of nitrogens with zero attached hydrogens (tertiary/aromatic N) is 4. The van der Waals surface area contributed by atoms with Crippen molar-refractivity contribution in [3.05, 3.63) is 82.5 Å². The molecule has 2 aromatic carbocycles. The predicted octanol–water partition coefficient (Wildman–Crippen LogP) is 3.45. The van der Waals surface area contributed by atoms with Gasteiger partial charge < -0.3 is 5.32 Å². The maximum Gasteiger partial charge on any atom is 0.350 e. The quantitative estimate of drug-likeness (QED) is 0.436. The van der Waals surface area contributed by atoms with E-state index in [0.29, 0.717) is 21.9 Å². The van der Waals surface area contributed by atoms with Gasteiger partial charge in [-0.3, -0.25) is 9.59 Å². The summed E-state index contributed by atoms with van der Waals surface area (Å²) in [5.41, 5.74) is 2.24. The third-order valence-corrected chi connectivity index (χ3v) is 6.00. The first-order valence-corrected chi connectivity index (χ1v) is 10.9. The Hall–Kier alpha value is -3.72. The molecule has 0 aliphatic heterocycles. The third kappa shape index (κ3) is 4.47. The van der Waals surface area contributed by atoms with Gasteiger partial charge in [0.15, 0.2) is 11.4 Å². The molecule has 1 amide bonds. The fourth-order valence-electron chi connectivity index (χ4n) is 3.23. The van der Waals surface area contributed by atoms with Gasteiger partial charge in [-0.05, 0) is 49.2 Å². The largest absolute Gasteiger partial charge is 0.350 e. The molecule has 0 atom stereocenters. The van der Waals surface area contributed by atoms with Crippen molar-refractivity contribution in [3.8, 4) is 0 Å². The van der Waals surface area contributed by atoms with Gasteiger partial charge in [-0.1, -0.05) is 36.9 Å². The molecule has 1 N–H and O–H groups in total. The van der Waals surface area contributed by atoms with E-state index in [4.69, 9.17) is 0 Å². The summed E-state index contributed by atoms with van der Waals surface area (Å²) in [5.74, 6) is -0.451. The molecule has 0 spiro atoms. The average molecular weight is 448 g/mol. The van der Waals surface area contributed by atoms with Crippen molar-refractivity contribution in [2.75, 3.05) is 5.32 Å². The van der Waals surface area contributed by atoms with E-state index in [1.54, 1.807) is 30.5 Å². The van der Waals surface area contributed by atoms with Gasteiger partial charge in [0, 0.05) is 28.5 Å². The molecular formula is C23H21N5O3S. The van der Waals surface area contributed by atoms with Gasteiger partial charge in [-0.25, -0.2) is 18.9 Å². The Balaban J connectivity index is 1.57. The van der Waals surface area contributed by atoms with Crippen LogP contribution in [0.2, 0.25) is 0 Å². The lowest BCUT2D eigenvalue weighted by atomic mass is 10.1. The minimum absolute atomic E-state index is 0.0528. The van der Waals surface area contributed by atoms with Crippen molar-refractivity contribution in [3.63, 3.8) is 0 Å². The molecule has 4 aromatic rings. The highest BCUT2D eigenvalue weighted by atomic mass is 32.2. The number of hydrogen-bond acceptors (Lipinski definition) is 6. The van der Waals surface area contributed by atoms with Crippen molar-refractivity contribution in [2.45, 2.75) is 36.7 Å². The molecule has 4 rings (SSSR count). The Morgan fingerprint density at radius 3 is 2.56 bits per heavy atom. The zero-order valence-corrected chi connectivity index (χ0v) is 18.4. The number of benzene rings is 2. The van der Waals surface area contributed by atoms with Crippen LogP contribution in [-0.2, 0) is 17.8 Å². The predicted molar refractivity (Wildman–Crippen MR) is 122 cm³/mol.